The van der Waals surface area contributed by atoms with Crippen LogP contribution >= 0.6 is 11.8 Å². The molecule has 4 heteroatoms. The quantitative estimate of drug-likeness (QED) is 0.759. The van der Waals surface area contributed by atoms with E-state index >= 15 is 0 Å². The molecule has 4 rings (SSSR count). The van der Waals surface area contributed by atoms with Gasteiger partial charge in [-0.1, -0.05) is 62.9 Å². The molecule has 1 fully saturated rings. The molecule has 130 valence electrons. The molecule has 2 aliphatic rings. The Morgan fingerprint density at radius 1 is 1.16 bits per heavy atom. The summed E-state index contributed by atoms with van der Waals surface area (Å²) in [5.74, 6) is 1.70. The van der Waals surface area contributed by atoms with Gasteiger partial charge in [0.15, 0.2) is 5.17 Å². The molecule has 0 aliphatic carbocycles. The highest BCUT2D eigenvalue weighted by molar-refractivity contribution is 8.14. The smallest absolute Gasteiger partial charge is 0.160 e. The summed E-state index contributed by atoms with van der Waals surface area (Å²) in [7, 11) is 0. The summed E-state index contributed by atoms with van der Waals surface area (Å²) in [6, 6.07) is 16.2. The lowest BCUT2D eigenvalue weighted by molar-refractivity contribution is 0.255. The molecule has 1 aromatic heterocycles. The third kappa shape index (κ3) is 2.97. The van der Waals surface area contributed by atoms with Crippen molar-refractivity contribution in [1.82, 2.24) is 9.88 Å². The fourth-order valence-corrected chi connectivity index (χ4v) is 5.13. The van der Waals surface area contributed by atoms with Crippen LogP contribution in [0.1, 0.15) is 62.0 Å². The normalized spacial score (nSPS) is 25.4. The minimum absolute atomic E-state index is 0.0861. The summed E-state index contributed by atoms with van der Waals surface area (Å²) in [5, 5.41) is 1.19. The number of benzene rings is 1. The molecule has 0 bridgehead atoms. The van der Waals surface area contributed by atoms with Gasteiger partial charge < -0.3 is 4.90 Å². The highest BCUT2D eigenvalue weighted by Crippen LogP contribution is 2.48. The Labute approximate surface area is 154 Å². The molecule has 0 N–H and O–H groups in total. The maximum atomic E-state index is 5.08. The number of pyridine rings is 1. The zero-order chi connectivity index (χ0) is 17.4. The molecule has 0 unspecified atom stereocenters. The molecule has 1 saturated heterocycles. The largest absolute Gasteiger partial charge is 0.338 e. The zero-order valence-electron chi connectivity index (χ0n) is 15.1. The molecule has 0 spiro atoms. The van der Waals surface area contributed by atoms with E-state index < -0.39 is 0 Å². The van der Waals surface area contributed by atoms with E-state index in [2.05, 4.69) is 67.1 Å². The van der Waals surface area contributed by atoms with Crippen LogP contribution in [0.25, 0.3) is 0 Å². The lowest BCUT2D eigenvalue weighted by atomic mass is 9.93. The number of aliphatic imine (C=N–C) groups is 1. The van der Waals surface area contributed by atoms with Crippen molar-refractivity contribution in [3.8, 4) is 0 Å². The van der Waals surface area contributed by atoms with Crippen LogP contribution in [-0.4, -0.2) is 26.8 Å². The first-order valence-electron chi connectivity index (χ1n) is 9.18. The van der Waals surface area contributed by atoms with Gasteiger partial charge in [0, 0.05) is 18.0 Å². The van der Waals surface area contributed by atoms with Gasteiger partial charge in [0.05, 0.1) is 11.7 Å². The number of rotatable bonds is 4. The molecule has 3 heterocycles. The van der Waals surface area contributed by atoms with Crippen LogP contribution in [0.3, 0.4) is 0 Å². The predicted molar refractivity (Wildman–Crippen MR) is 106 cm³/mol. The Morgan fingerprint density at radius 3 is 2.60 bits per heavy atom. The summed E-state index contributed by atoms with van der Waals surface area (Å²) < 4.78 is 0. The van der Waals surface area contributed by atoms with Gasteiger partial charge in [-0.15, -0.1) is 0 Å². The molecule has 2 aliphatic heterocycles. The molecule has 3 atom stereocenters. The van der Waals surface area contributed by atoms with Gasteiger partial charge in [-0.3, -0.25) is 9.98 Å². The first kappa shape index (κ1) is 16.6. The van der Waals surface area contributed by atoms with Crippen molar-refractivity contribution in [3.05, 3.63) is 65.5 Å². The molecule has 2 aromatic rings. The Morgan fingerprint density at radius 2 is 1.96 bits per heavy atom. The molecular weight excluding hydrogens is 326 g/mol. The van der Waals surface area contributed by atoms with E-state index in [-0.39, 0.29) is 12.1 Å². The third-order valence-corrected chi connectivity index (χ3v) is 6.40. The van der Waals surface area contributed by atoms with E-state index in [4.69, 9.17) is 4.99 Å². The van der Waals surface area contributed by atoms with E-state index in [1.807, 2.05) is 24.0 Å². The lowest BCUT2D eigenvalue weighted by Crippen LogP contribution is -2.35. The fraction of sp³-hybridized carbons (Fsp3) is 0.429. The summed E-state index contributed by atoms with van der Waals surface area (Å²) in [4.78, 5) is 12.2. The molecule has 0 amide bonds. The van der Waals surface area contributed by atoms with Crippen molar-refractivity contribution in [2.45, 2.75) is 51.2 Å². The van der Waals surface area contributed by atoms with Gasteiger partial charge in [0.25, 0.3) is 0 Å². The molecule has 1 aromatic carbocycles. The second kappa shape index (κ2) is 6.83. The number of hydrogen-bond acceptors (Lipinski definition) is 4. The van der Waals surface area contributed by atoms with Crippen LogP contribution in [-0.2, 0) is 0 Å². The van der Waals surface area contributed by atoms with E-state index in [9.17, 15) is 0 Å². The average molecular weight is 352 g/mol. The number of hydrogen-bond donors (Lipinski definition) is 0. The molecule has 25 heavy (non-hydrogen) atoms. The minimum Gasteiger partial charge on any atom is -0.338 e. The van der Waals surface area contributed by atoms with Crippen LogP contribution in [0.4, 0.5) is 0 Å². The van der Waals surface area contributed by atoms with Gasteiger partial charge in [-0.25, -0.2) is 0 Å². The van der Waals surface area contributed by atoms with E-state index in [0.717, 1.165) is 17.9 Å². The Bertz CT molecular complexity index is 754. The molecule has 0 saturated carbocycles. The number of amidine groups is 1. The Hall–Kier alpha value is -1.81. The number of fused-ring (bicyclic) bond motifs is 1. The summed E-state index contributed by atoms with van der Waals surface area (Å²) in [6.07, 6.45) is 3.03. The van der Waals surface area contributed by atoms with Gasteiger partial charge in [0.2, 0.25) is 0 Å². The number of aromatic nitrogens is 1. The number of thioether (sulfide) groups is 1. The third-order valence-electron chi connectivity index (χ3n) is 5.27. The summed E-state index contributed by atoms with van der Waals surface area (Å²) >= 11 is 1.90. The second-order valence-corrected chi connectivity index (χ2v) is 8.14. The van der Waals surface area contributed by atoms with Crippen LogP contribution in [0.5, 0.6) is 0 Å². The molecular formula is C21H25N3S. The van der Waals surface area contributed by atoms with Crippen molar-refractivity contribution in [2.24, 2.45) is 4.99 Å². The van der Waals surface area contributed by atoms with Gasteiger partial charge >= 0.3 is 0 Å². The fourth-order valence-electron chi connectivity index (χ4n) is 3.79. The van der Waals surface area contributed by atoms with Crippen molar-refractivity contribution in [2.75, 3.05) is 5.75 Å². The van der Waals surface area contributed by atoms with Crippen molar-refractivity contribution < 1.29 is 0 Å². The van der Waals surface area contributed by atoms with E-state index in [0.29, 0.717) is 12.0 Å². The van der Waals surface area contributed by atoms with Gasteiger partial charge in [-0.05, 0) is 35.6 Å². The Kier molecular flexibility index (Phi) is 4.55. The van der Waals surface area contributed by atoms with Crippen molar-refractivity contribution >= 4 is 16.9 Å². The summed E-state index contributed by atoms with van der Waals surface area (Å²) in [5.41, 5.74) is 3.80. The standard InChI is InChI=1S/C21H25N3S/c1-4-17-13-25-21-23-19(18-7-5-6-12-22-18)20(24(17)21)16-10-8-15(9-11-16)14(2)3/h5-12,14,17,19-20H,4,13H2,1-3H3/t17-,19+,20-/m1/s1. The maximum absolute atomic E-state index is 5.08. The number of nitrogens with zero attached hydrogens (tertiary/aromatic N) is 3. The topological polar surface area (TPSA) is 28.5 Å². The monoisotopic (exact) mass is 351 g/mol. The van der Waals surface area contributed by atoms with E-state index in [1.165, 1.54) is 16.3 Å². The first-order valence-corrected chi connectivity index (χ1v) is 10.2. The van der Waals surface area contributed by atoms with Gasteiger partial charge in [0.1, 0.15) is 6.04 Å². The predicted octanol–water partition coefficient (Wildman–Crippen LogP) is 5.18. The van der Waals surface area contributed by atoms with Crippen molar-refractivity contribution in [3.63, 3.8) is 0 Å². The maximum Gasteiger partial charge on any atom is 0.160 e. The summed E-state index contributed by atoms with van der Waals surface area (Å²) in [6.45, 7) is 6.76. The second-order valence-electron chi connectivity index (χ2n) is 7.16. The molecule has 3 nitrogen and oxygen atoms in total. The highest BCUT2D eigenvalue weighted by Gasteiger charge is 2.45. The van der Waals surface area contributed by atoms with Crippen molar-refractivity contribution in [1.29, 1.82) is 0 Å². The van der Waals surface area contributed by atoms with E-state index in [1.54, 1.807) is 0 Å². The molecule has 0 radical (unpaired) electrons. The SMILES string of the molecule is CC[C@@H]1CSC2=N[C@@H](c3ccccn3)[C@@H](c3ccc(C(C)C)cc3)N21. The average Bonchev–Trinajstić information content (AvgIpc) is 3.21. The van der Waals surface area contributed by atoms with Crippen LogP contribution in [0.15, 0.2) is 53.7 Å². The van der Waals surface area contributed by atoms with Crippen LogP contribution in [0, 0.1) is 0 Å². The van der Waals surface area contributed by atoms with Gasteiger partial charge in [-0.2, -0.15) is 0 Å². The highest BCUT2D eigenvalue weighted by atomic mass is 32.2. The minimum atomic E-state index is 0.0861. The Balaban J connectivity index is 1.75. The first-order chi connectivity index (χ1) is 12.2. The lowest BCUT2D eigenvalue weighted by Gasteiger charge is -2.32. The zero-order valence-corrected chi connectivity index (χ0v) is 15.9. The van der Waals surface area contributed by atoms with Crippen LogP contribution < -0.4 is 0 Å². The van der Waals surface area contributed by atoms with Crippen LogP contribution in [0.2, 0.25) is 0 Å².